The average molecular weight is 346 g/mol. The van der Waals surface area contributed by atoms with Crippen molar-refractivity contribution in [2.24, 2.45) is 0 Å². The summed E-state index contributed by atoms with van der Waals surface area (Å²) >= 11 is 11.9. The van der Waals surface area contributed by atoms with Crippen LogP contribution in [-0.2, 0) is 0 Å². The number of nitrogens with one attached hydrogen (secondary N) is 2. The summed E-state index contributed by atoms with van der Waals surface area (Å²) in [5.74, 6) is 0.953. The van der Waals surface area contributed by atoms with Gasteiger partial charge in [0.2, 0.25) is 5.95 Å². The summed E-state index contributed by atoms with van der Waals surface area (Å²) in [6.45, 7) is 2.03. The van der Waals surface area contributed by atoms with Crippen LogP contribution in [0, 0.1) is 6.92 Å². The SMILES string of the molecule is Cc1cccc(Nc2cnnc(Nc3ccc(Cl)c(Cl)c3)n2)c1. The molecule has 23 heavy (non-hydrogen) atoms. The minimum absolute atomic E-state index is 0.362. The third-order valence-corrected chi connectivity index (χ3v) is 3.76. The van der Waals surface area contributed by atoms with Crippen LogP contribution in [-0.4, -0.2) is 15.2 Å². The second-order valence-corrected chi connectivity index (χ2v) is 5.73. The van der Waals surface area contributed by atoms with Crippen LogP contribution in [0.3, 0.4) is 0 Å². The molecule has 0 saturated heterocycles. The van der Waals surface area contributed by atoms with Gasteiger partial charge in [-0.15, -0.1) is 5.10 Å². The third-order valence-electron chi connectivity index (χ3n) is 3.03. The first kappa shape index (κ1) is 15.5. The van der Waals surface area contributed by atoms with Gasteiger partial charge in [-0.1, -0.05) is 35.3 Å². The summed E-state index contributed by atoms with van der Waals surface area (Å²) in [6.07, 6.45) is 1.56. The van der Waals surface area contributed by atoms with E-state index in [0.717, 1.165) is 16.9 Å². The lowest BCUT2D eigenvalue weighted by atomic mass is 10.2. The van der Waals surface area contributed by atoms with Crippen LogP contribution < -0.4 is 10.6 Å². The molecule has 0 amide bonds. The third kappa shape index (κ3) is 4.09. The number of halogens is 2. The Hall–Kier alpha value is -2.37. The summed E-state index contributed by atoms with van der Waals surface area (Å²) in [5.41, 5.74) is 2.83. The van der Waals surface area contributed by atoms with Crippen LogP contribution in [0.15, 0.2) is 48.7 Å². The van der Waals surface area contributed by atoms with Gasteiger partial charge in [-0.3, -0.25) is 0 Å². The highest BCUT2D eigenvalue weighted by molar-refractivity contribution is 6.42. The maximum Gasteiger partial charge on any atom is 0.249 e. The van der Waals surface area contributed by atoms with Crippen molar-refractivity contribution in [1.29, 1.82) is 0 Å². The Morgan fingerprint density at radius 3 is 2.52 bits per heavy atom. The van der Waals surface area contributed by atoms with Gasteiger partial charge in [0, 0.05) is 11.4 Å². The average Bonchev–Trinajstić information content (AvgIpc) is 2.51. The molecular formula is C16H13Cl2N5. The predicted molar refractivity (Wildman–Crippen MR) is 94.0 cm³/mol. The maximum absolute atomic E-state index is 5.99. The van der Waals surface area contributed by atoms with Crippen LogP contribution in [0.25, 0.3) is 0 Å². The molecule has 0 spiro atoms. The fourth-order valence-corrected chi connectivity index (χ4v) is 2.29. The van der Waals surface area contributed by atoms with Gasteiger partial charge in [-0.05, 0) is 42.8 Å². The molecule has 2 aromatic carbocycles. The normalized spacial score (nSPS) is 10.4. The second kappa shape index (κ2) is 6.81. The van der Waals surface area contributed by atoms with Gasteiger partial charge in [0.25, 0.3) is 0 Å². The highest BCUT2D eigenvalue weighted by Gasteiger charge is 2.04. The molecule has 2 N–H and O–H groups in total. The van der Waals surface area contributed by atoms with E-state index >= 15 is 0 Å². The van der Waals surface area contributed by atoms with Gasteiger partial charge in [-0.2, -0.15) is 10.1 Å². The fraction of sp³-hybridized carbons (Fsp3) is 0.0625. The lowest BCUT2D eigenvalue weighted by Crippen LogP contribution is -2.02. The molecule has 116 valence electrons. The smallest absolute Gasteiger partial charge is 0.249 e. The van der Waals surface area contributed by atoms with E-state index < -0.39 is 0 Å². The zero-order valence-electron chi connectivity index (χ0n) is 12.2. The van der Waals surface area contributed by atoms with Gasteiger partial charge in [0.15, 0.2) is 5.82 Å². The Bertz CT molecular complexity index is 838. The van der Waals surface area contributed by atoms with Crippen LogP contribution >= 0.6 is 23.2 Å². The molecule has 1 heterocycles. The molecule has 0 bridgehead atoms. The number of aromatic nitrogens is 3. The Morgan fingerprint density at radius 2 is 1.74 bits per heavy atom. The molecule has 0 unspecified atom stereocenters. The van der Waals surface area contributed by atoms with Crippen LogP contribution in [0.1, 0.15) is 5.56 Å². The molecule has 0 fully saturated rings. The van der Waals surface area contributed by atoms with Crippen molar-refractivity contribution in [1.82, 2.24) is 15.2 Å². The first-order valence-corrected chi connectivity index (χ1v) is 7.61. The Balaban J connectivity index is 1.78. The molecule has 0 atom stereocenters. The molecule has 0 aliphatic carbocycles. The molecule has 3 rings (SSSR count). The van der Waals surface area contributed by atoms with Gasteiger partial charge in [-0.25, -0.2) is 0 Å². The standard InChI is InChI=1S/C16H13Cl2N5/c1-10-3-2-4-11(7-10)20-15-9-19-23-16(22-15)21-12-5-6-13(17)14(18)8-12/h2-9H,1H3,(H2,20,21,22,23). The minimum Gasteiger partial charge on any atom is -0.339 e. The Kier molecular flexibility index (Phi) is 4.60. The first-order chi connectivity index (χ1) is 11.1. The summed E-state index contributed by atoms with van der Waals surface area (Å²) in [6, 6.07) is 13.2. The molecule has 0 saturated carbocycles. The highest BCUT2D eigenvalue weighted by Crippen LogP contribution is 2.26. The van der Waals surface area contributed by atoms with Crippen molar-refractivity contribution < 1.29 is 0 Å². The number of hydrogen-bond donors (Lipinski definition) is 2. The van der Waals surface area contributed by atoms with Crippen molar-refractivity contribution in [3.05, 3.63) is 64.3 Å². The Morgan fingerprint density at radius 1 is 0.913 bits per heavy atom. The van der Waals surface area contributed by atoms with Crippen molar-refractivity contribution in [3.63, 3.8) is 0 Å². The monoisotopic (exact) mass is 345 g/mol. The number of rotatable bonds is 4. The summed E-state index contributed by atoms with van der Waals surface area (Å²) < 4.78 is 0. The van der Waals surface area contributed by atoms with E-state index in [1.54, 1.807) is 24.4 Å². The lowest BCUT2D eigenvalue weighted by Gasteiger charge is -2.08. The van der Waals surface area contributed by atoms with Crippen LogP contribution in [0.2, 0.25) is 10.0 Å². The van der Waals surface area contributed by atoms with Crippen LogP contribution in [0.5, 0.6) is 0 Å². The van der Waals surface area contributed by atoms with Gasteiger partial charge < -0.3 is 10.6 Å². The van der Waals surface area contributed by atoms with E-state index in [9.17, 15) is 0 Å². The molecule has 1 aromatic heterocycles. The molecule has 0 aliphatic heterocycles. The van der Waals surface area contributed by atoms with Crippen molar-refractivity contribution >= 4 is 46.3 Å². The van der Waals surface area contributed by atoms with Crippen molar-refractivity contribution in [2.75, 3.05) is 10.6 Å². The van der Waals surface area contributed by atoms with Crippen LogP contribution in [0.4, 0.5) is 23.1 Å². The number of benzene rings is 2. The first-order valence-electron chi connectivity index (χ1n) is 6.86. The molecule has 3 aromatic rings. The quantitative estimate of drug-likeness (QED) is 0.698. The van der Waals surface area contributed by atoms with Gasteiger partial charge >= 0.3 is 0 Å². The van der Waals surface area contributed by atoms with E-state index in [4.69, 9.17) is 23.2 Å². The van der Waals surface area contributed by atoms with Gasteiger partial charge in [0.1, 0.15) is 0 Å². The summed E-state index contributed by atoms with van der Waals surface area (Å²) in [4.78, 5) is 4.37. The number of aryl methyl sites for hydroxylation is 1. The fourth-order valence-electron chi connectivity index (χ4n) is 1.99. The minimum atomic E-state index is 0.362. The summed E-state index contributed by atoms with van der Waals surface area (Å²) in [5, 5.41) is 15.1. The number of hydrogen-bond acceptors (Lipinski definition) is 5. The van der Waals surface area contributed by atoms with Crippen molar-refractivity contribution in [3.8, 4) is 0 Å². The van der Waals surface area contributed by atoms with Crippen molar-refractivity contribution in [2.45, 2.75) is 6.92 Å². The van der Waals surface area contributed by atoms with E-state index in [-0.39, 0.29) is 0 Å². The van der Waals surface area contributed by atoms with E-state index in [1.807, 2.05) is 31.2 Å². The molecular weight excluding hydrogens is 333 g/mol. The topological polar surface area (TPSA) is 62.7 Å². The largest absolute Gasteiger partial charge is 0.339 e. The number of nitrogens with zero attached hydrogens (tertiary/aromatic N) is 3. The lowest BCUT2D eigenvalue weighted by molar-refractivity contribution is 0.982. The van der Waals surface area contributed by atoms with Gasteiger partial charge in [0.05, 0.1) is 16.2 Å². The molecule has 0 radical (unpaired) electrons. The number of anilines is 4. The zero-order valence-corrected chi connectivity index (χ0v) is 13.7. The second-order valence-electron chi connectivity index (χ2n) is 4.91. The highest BCUT2D eigenvalue weighted by atomic mass is 35.5. The zero-order chi connectivity index (χ0) is 16.2. The predicted octanol–water partition coefficient (Wildman–Crippen LogP) is 4.97. The molecule has 5 nitrogen and oxygen atoms in total. The Labute approximate surface area is 143 Å². The van der Waals surface area contributed by atoms with E-state index in [1.165, 1.54) is 0 Å². The molecule has 7 heteroatoms. The maximum atomic E-state index is 5.99. The van der Waals surface area contributed by atoms with E-state index in [2.05, 4.69) is 25.8 Å². The summed E-state index contributed by atoms with van der Waals surface area (Å²) in [7, 11) is 0. The van der Waals surface area contributed by atoms with E-state index in [0.29, 0.717) is 21.8 Å². The molecule has 0 aliphatic rings.